The Morgan fingerprint density at radius 2 is 1.55 bits per heavy atom. The van der Waals surface area contributed by atoms with Gasteiger partial charge in [-0.3, -0.25) is 14.6 Å². The summed E-state index contributed by atoms with van der Waals surface area (Å²) in [5, 5.41) is 0. The Bertz CT molecular complexity index is 1380. The number of Topliss-reactive ketones (excluding diaryl/α,β-unsaturated/α-hetero) is 1. The molecule has 3 atom stereocenters. The zero-order chi connectivity index (χ0) is 29.0. The molecule has 9 heteroatoms. The van der Waals surface area contributed by atoms with Crippen LogP contribution in [0.25, 0.3) is 0 Å². The Morgan fingerprint density at radius 1 is 0.875 bits per heavy atom. The fourth-order valence-corrected chi connectivity index (χ4v) is 5.58. The van der Waals surface area contributed by atoms with Gasteiger partial charge in [-0.2, -0.15) is 0 Å². The topological polar surface area (TPSA) is 110 Å². The van der Waals surface area contributed by atoms with Crippen LogP contribution in [-0.4, -0.2) is 50.9 Å². The number of aliphatic imine (C=N–C) groups is 1. The molecule has 2 aliphatic rings. The highest BCUT2D eigenvalue weighted by molar-refractivity contribution is 6.12. The van der Waals surface area contributed by atoms with E-state index in [1.165, 1.54) is 6.92 Å². The van der Waals surface area contributed by atoms with Crippen LogP contribution in [0.2, 0.25) is 0 Å². The van der Waals surface area contributed by atoms with Crippen LogP contribution in [0.5, 0.6) is 23.0 Å². The predicted molar refractivity (Wildman–Crippen MR) is 148 cm³/mol. The van der Waals surface area contributed by atoms with E-state index in [2.05, 4.69) is 0 Å². The first-order valence-corrected chi connectivity index (χ1v) is 13.4. The molecule has 0 amide bonds. The molecule has 0 N–H and O–H groups in total. The molecular weight excluding hydrogens is 514 g/mol. The number of carbonyl (C=O) groups is 3. The van der Waals surface area contributed by atoms with Crippen LogP contribution < -0.4 is 18.9 Å². The second-order valence-corrected chi connectivity index (χ2v) is 9.70. The van der Waals surface area contributed by atoms with E-state index in [4.69, 9.17) is 28.7 Å². The SMILES string of the molecule is CCOC(=O)C1=C(C)N=C2C[C@@H](c3ccc(OC)c(OC)c3)CC(=O)C2[C@@H]1c1ccc(OC(C)=O)c(OCC)c1. The molecule has 40 heavy (non-hydrogen) atoms. The third kappa shape index (κ3) is 5.73. The minimum atomic E-state index is -0.645. The van der Waals surface area contributed by atoms with Crippen molar-refractivity contribution in [3.63, 3.8) is 0 Å². The summed E-state index contributed by atoms with van der Waals surface area (Å²) in [6.45, 7) is 7.17. The van der Waals surface area contributed by atoms with Crippen molar-refractivity contribution in [3.8, 4) is 23.0 Å². The number of allylic oxidation sites excluding steroid dienone is 1. The predicted octanol–water partition coefficient (Wildman–Crippen LogP) is 5.17. The van der Waals surface area contributed by atoms with E-state index in [9.17, 15) is 14.4 Å². The molecule has 2 aromatic rings. The van der Waals surface area contributed by atoms with E-state index >= 15 is 0 Å². The Labute approximate surface area is 234 Å². The minimum Gasteiger partial charge on any atom is -0.493 e. The lowest BCUT2D eigenvalue weighted by molar-refractivity contribution is -0.139. The molecule has 1 unspecified atom stereocenters. The van der Waals surface area contributed by atoms with Crippen LogP contribution in [0, 0.1) is 5.92 Å². The number of ether oxygens (including phenoxy) is 5. The smallest absolute Gasteiger partial charge is 0.336 e. The van der Waals surface area contributed by atoms with Crippen molar-refractivity contribution in [1.82, 2.24) is 0 Å². The fraction of sp³-hybridized carbons (Fsp3) is 0.419. The summed E-state index contributed by atoms with van der Waals surface area (Å²) in [5.74, 6) is -0.564. The number of benzene rings is 2. The van der Waals surface area contributed by atoms with Gasteiger partial charge in [0.05, 0.1) is 38.9 Å². The number of esters is 2. The van der Waals surface area contributed by atoms with Gasteiger partial charge in [0.15, 0.2) is 23.0 Å². The Kier molecular flexibility index (Phi) is 8.92. The van der Waals surface area contributed by atoms with Crippen LogP contribution in [-0.2, 0) is 19.1 Å². The lowest BCUT2D eigenvalue weighted by Gasteiger charge is -2.38. The molecule has 2 aromatic carbocycles. The molecule has 212 valence electrons. The van der Waals surface area contributed by atoms with Gasteiger partial charge in [-0.1, -0.05) is 12.1 Å². The highest BCUT2D eigenvalue weighted by atomic mass is 16.6. The third-order valence-corrected chi connectivity index (χ3v) is 7.21. The number of rotatable bonds is 9. The van der Waals surface area contributed by atoms with Gasteiger partial charge in [0, 0.05) is 30.7 Å². The highest BCUT2D eigenvalue weighted by Gasteiger charge is 2.46. The van der Waals surface area contributed by atoms with E-state index in [1.54, 1.807) is 46.3 Å². The number of methoxy groups -OCH3 is 2. The first kappa shape index (κ1) is 28.9. The van der Waals surface area contributed by atoms with Gasteiger partial charge < -0.3 is 23.7 Å². The Morgan fingerprint density at radius 3 is 2.20 bits per heavy atom. The maximum atomic E-state index is 13.9. The molecule has 0 aromatic heterocycles. The molecule has 0 saturated heterocycles. The van der Waals surface area contributed by atoms with Crippen molar-refractivity contribution < 1.29 is 38.1 Å². The molecule has 0 spiro atoms. The highest BCUT2D eigenvalue weighted by Crippen LogP contribution is 2.48. The lowest BCUT2D eigenvalue weighted by Crippen LogP contribution is -2.41. The van der Waals surface area contributed by atoms with Crippen molar-refractivity contribution in [3.05, 3.63) is 58.8 Å². The van der Waals surface area contributed by atoms with Crippen molar-refractivity contribution in [1.29, 1.82) is 0 Å². The van der Waals surface area contributed by atoms with Crippen molar-refractivity contribution in [2.45, 2.75) is 52.4 Å². The van der Waals surface area contributed by atoms with Crippen molar-refractivity contribution in [2.75, 3.05) is 27.4 Å². The van der Waals surface area contributed by atoms with Crippen LogP contribution >= 0.6 is 0 Å². The summed E-state index contributed by atoms with van der Waals surface area (Å²) in [6, 6.07) is 10.8. The zero-order valence-corrected chi connectivity index (χ0v) is 23.7. The van der Waals surface area contributed by atoms with Gasteiger partial charge >= 0.3 is 11.9 Å². The number of carbonyl (C=O) groups excluding carboxylic acids is 3. The first-order valence-electron chi connectivity index (χ1n) is 13.4. The number of fused-ring (bicyclic) bond motifs is 1. The average molecular weight is 550 g/mol. The summed E-state index contributed by atoms with van der Waals surface area (Å²) in [7, 11) is 3.16. The standard InChI is InChI=1S/C31H35NO8/c1-7-38-27-16-20(10-12-25(27)40-18(4)33)29-28(31(35)39-8-2)17(3)32-22-13-21(14-23(34)30(22)29)19-9-11-24(36-5)26(15-19)37-6/h9-12,15-16,21,29-30H,7-8,13-14H2,1-6H3/t21-,29-,30?/m1/s1. The van der Waals surface area contributed by atoms with Crippen LogP contribution in [0.15, 0.2) is 52.7 Å². The molecule has 1 aliphatic heterocycles. The Balaban J connectivity index is 1.79. The molecule has 1 aliphatic carbocycles. The van der Waals surface area contributed by atoms with Crippen LogP contribution in [0.1, 0.15) is 63.5 Å². The van der Waals surface area contributed by atoms with Gasteiger partial charge in [-0.15, -0.1) is 0 Å². The van der Waals surface area contributed by atoms with E-state index in [-0.39, 0.29) is 30.5 Å². The first-order chi connectivity index (χ1) is 19.2. The molecule has 1 fully saturated rings. The molecular formula is C31H35NO8. The van der Waals surface area contributed by atoms with E-state index < -0.39 is 23.8 Å². The molecule has 4 rings (SSSR count). The molecule has 1 heterocycles. The molecule has 0 radical (unpaired) electrons. The number of hydrogen-bond donors (Lipinski definition) is 0. The normalized spacial score (nSPS) is 20.3. The largest absolute Gasteiger partial charge is 0.493 e. The molecule has 1 saturated carbocycles. The Hall–Kier alpha value is -4.14. The molecule has 9 nitrogen and oxygen atoms in total. The lowest BCUT2D eigenvalue weighted by atomic mass is 9.66. The minimum absolute atomic E-state index is 0.0221. The fourth-order valence-electron chi connectivity index (χ4n) is 5.58. The average Bonchev–Trinajstić information content (AvgIpc) is 2.92. The second-order valence-electron chi connectivity index (χ2n) is 9.70. The van der Waals surface area contributed by atoms with E-state index in [0.29, 0.717) is 52.8 Å². The van der Waals surface area contributed by atoms with Gasteiger partial charge in [0.25, 0.3) is 0 Å². The van der Waals surface area contributed by atoms with Gasteiger partial charge in [0.1, 0.15) is 5.78 Å². The van der Waals surface area contributed by atoms with Crippen molar-refractivity contribution in [2.24, 2.45) is 10.9 Å². The summed E-state index contributed by atoms with van der Waals surface area (Å²) in [6.07, 6.45) is 0.814. The maximum absolute atomic E-state index is 13.9. The maximum Gasteiger partial charge on any atom is 0.336 e. The second kappa shape index (κ2) is 12.4. The zero-order valence-electron chi connectivity index (χ0n) is 23.7. The summed E-state index contributed by atoms with van der Waals surface area (Å²) in [4.78, 5) is 43.6. The van der Waals surface area contributed by atoms with Gasteiger partial charge in [-0.25, -0.2) is 4.79 Å². The van der Waals surface area contributed by atoms with Gasteiger partial charge in [0.2, 0.25) is 0 Å². The number of ketones is 1. The van der Waals surface area contributed by atoms with E-state index in [0.717, 1.165) is 5.56 Å². The third-order valence-electron chi connectivity index (χ3n) is 7.21. The van der Waals surface area contributed by atoms with Gasteiger partial charge in [-0.05, 0) is 68.5 Å². The van der Waals surface area contributed by atoms with E-state index in [1.807, 2.05) is 25.1 Å². The number of nitrogens with zero attached hydrogens (tertiary/aromatic N) is 1. The monoisotopic (exact) mass is 549 g/mol. The van der Waals surface area contributed by atoms with Crippen LogP contribution in [0.3, 0.4) is 0 Å². The molecule has 0 bridgehead atoms. The number of hydrogen-bond acceptors (Lipinski definition) is 9. The summed E-state index contributed by atoms with van der Waals surface area (Å²) in [5.41, 5.74) is 3.20. The summed E-state index contributed by atoms with van der Waals surface area (Å²) < 4.78 is 27.3. The summed E-state index contributed by atoms with van der Waals surface area (Å²) >= 11 is 0. The quantitative estimate of drug-likeness (QED) is 0.311. The van der Waals surface area contributed by atoms with Crippen molar-refractivity contribution >= 4 is 23.4 Å². The van der Waals surface area contributed by atoms with Crippen LogP contribution in [0.4, 0.5) is 0 Å².